The molecule has 1 aromatic carbocycles. The smallest absolute Gasteiger partial charge is 0.337 e. The highest BCUT2D eigenvalue weighted by Crippen LogP contribution is 2.26. The standard InChI is InChI=1S/C14H17N3O2S/c1-8-4-10(5-11(13(8)15)14(18)19)17(3)6-12-9(2)16-7-20-12/h4-5,7H,6,15H2,1-3H3,(H,18,19). The third-order valence-corrected chi connectivity index (χ3v) is 4.19. The maximum absolute atomic E-state index is 11.2. The Kier molecular flexibility index (Phi) is 3.94. The Morgan fingerprint density at radius 2 is 2.15 bits per heavy atom. The number of hydrogen-bond acceptors (Lipinski definition) is 5. The van der Waals surface area contributed by atoms with E-state index >= 15 is 0 Å². The fraction of sp³-hybridized carbons (Fsp3) is 0.286. The summed E-state index contributed by atoms with van der Waals surface area (Å²) in [5.74, 6) is -1.00. The summed E-state index contributed by atoms with van der Waals surface area (Å²) >= 11 is 1.60. The molecule has 1 heterocycles. The number of aryl methyl sites for hydroxylation is 2. The SMILES string of the molecule is Cc1cc(N(C)Cc2scnc2C)cc(C(=O)O)c1N. The fourth-order valence-corrected chi connectivity index (χ4v) is 2.79. The van der Waals surface area contributed by atoms with Crippen LogP contribution in [0.25, 0.3) is 0 Å². The molecule has 0 fully saturated rings. The topological polar surface area (TPSA) is 79.5 Å². The number of rotatable bonds is 4. The molecule has 106 valence electrons. The van der Waals surface area contributed by atoms with Gasteiger partial charge in [-0.1, -0.05) is 0 Å². The second-order valence-electron chi connectivity index (χ2n) is 4.75. The Hall–Kier alpha value is -2.08. The van der Waals surface area contributed by atoms with E-state index in [1.807, 2.05) is 37.4 Å². The highest BCUT2D eigenvalue weighted by Gasteiger charge is 2.14. The van der Waals surface area contributed by atoms with Gasteiger partial charge in [0.2, 0.25) is 0 Å². The van der Waals surface area contributed by atoms with Gasteiger partial charge in [-0.05, 0) is 31.5 Å². The van der Waals surface area contributed by atoms with Crippen LogP contribution in [0.15, 0.2) is 17.6 Å². The van der Waals surface area contributed by atoms with Crippen molar-refractivity contribution >= 4 is 28.7 Å². The molecule has 1 aromatic heterocycles. The Morgan fingerprint density at radius 1 is 1.45 bits per heavy atom. The molecule has 0 radical (unpaired) electrons. The van der Waals surface area contributed by atoms with Gasteiger partial charge in [0, 0.05) is 23.3 Å². The van der Waals surface area contributed by atoms with Crippen molar-refractivity contribution in [3.63, 3.8) is 0 Å². The Balaban J connectivity index is 2.33. The average molecular weight is 291 g/mol. The van der Waals surface area contributed by atoms with Gasteiger partial charge in [-0.25, -0.2) is 9.78 Å². The number of carboxylic acids is 1. The normalized spacial score (nSPS) is 10.6. The van der Waals surface area contributed by atoms with Crippen molar-refractivity contribution in [1.82, 2.24) is 4.98 Å². The van der Waals surface area contributed by atoms with Gasteiger partial charge >= 0.3 is 5.97 Å². The minimum atomic E-state index is -1.00. The predicted octanol–water partition coefficient (Wildman–Crippen LogP) is 2.68. The van der Waals surface area contributed by atoms with Gasteiger partial charge < -0.3 is 15.7 Å². The van der Waals surface area contributed by atoms with Crippen molar-refractivity contribution in [3.8, 4) is 0 Å². The van der Waals surface area contributed by atoms with Gasteiger partial charge in [-0.15, -0.1) is 11.3 Å². The first-order valence-corrected chi connectivity index (χ1v) is 7.01. The minimum absolute atomic E-state index is 0.146. The number of nitrogen functional groups attached to an aromatic ring is 1. The van der Waals surface area contributed by atoms with Crippen LogP contribution < -0.4 is 10.6 Å². The van der Waals surface area contributed by atoms with Crippen LogP contribution in [0.3, 0.4) is 0 Å². The summed E-state index contributed by atoms with van der Waals surface area (Å²) in [6.45, 7) is 4.48. The molecule has 6 heteroatoms. The summed E-state index contributed by atoms with van der Waals surface area (Å²) < 4.78 is 0. The highest BCUT2D eigenvalue weighted by molar-refractivity contribution is 7.09. The zero-order valence-electron chi connectivity index (χ0n) is 11.7. The number of hydrogen-bond donors (Lipinski definition) is 2. The maximum Gasteiger partial charge on any atom is 0.337 e. The van der Waals surface area contributed by atoms with Crippen LogP contribution in [-0.4, -0.2) is 23.1 Å². The quantitative estimate of drug-likeness (QED) is 0.847. The number of aromatic carboxylic acids is 1. The molecule has 3 N–H and O–H groups in total. The molecule has 0 unspecified atom stereocenters. The van der Waals surface area contributed by atoms with Gasteiger partial charge in [-0.3, -0.25) is 0 Å². The van der Waals surface area contributed by atoms with Crippen molar-refractivity contribution in [2.45, 2.75) is 20.4 Å². The minimum Gasteiger partial charge on any atom is -0.478 e. The molecule has 0 spiro atoms. The summed E-state index contributed by atoms with van der Waals surface area (Å²) in [4.78, 5) is 18.6. The molecule has 0 bridgehead atoms. The summed E-state index contributed by atoms with van der Waals surface area (Å²) in [7, 11) is 1.93. The molecule has 5 nitrogen and oxygen atoms in total. The lowest BCUT2D eigenvalue weighted by Crippen LogP contribution is -2.17. The molecular weight excluding hydrogens is 274 g/mol. The molecule has 0 atom stereocenters. The van der Waals surface area contributed by atoms with E-state index in [0.29, 0.717) is 12.2 Å². The number of aromatic nitrogens is 1. The summed E-state index contributed by atoms with van der Waals surface area (Å²) in [5.41, 5.74) is 10.7. The maximum atomic E-state index is 11.2. The Bertz CT molecular complexity index is 652. The lowest BCUT2D eigenvalue weighted by atomic mass is 10.1. The van der Waals surface area contributed by atoms with Crippen LogP contribution >= 0.6 is 11.3 Å². The molecule has 0 amide bonds. The van der Waals surface area contributed by atoms with Crippen molar-refractivity contribution in [2.75, 3.05) is 17.7 Å². The van der Waals surface area contributed by atoms with E-state index in [2.05, 4.69) is 4.98 Å². The molecule has 0 aliphatic carbocycles. The van der Waals surface area contributed by atoms with Crippen molar-refractivity contribution in [1.29, 1.82) is 0 Å². The van der Waals surface area contributed by atoms with Crippen LogP contribution in [-0.2, 0) is 6.54 Å². The van der Waals surface area contributed by atoms with Crippen LogP contribution in [0.1, 0.15) is 26.5 Å². The summed E-state index contributed by atoms with van der Waals surface area (Å²) in [6, 6.07) is 3.51. The third-order valence-electron chi connectivity index (χ3n) is 3.27. The van der Waals surface area contributed by atoms with Crippen LogP contribution in [0.5, 0.6) is 0 Å². The summed E-state index contributed by atoms with van der Waals surface area (Å²) in [5, 5.41) is 9.19. The number of benzene rings is 1. The largest absolute Gasteiger partial charge is 0.478 e. The van der Waals surface area contributed by atoms with Gasteiger partial charge in [0.05, 0.1) is 23.3 Å². The van der Waals surface area contributed by atoms with E-state index < -0.39 is 5.97 Å². The molecule has 2 rings (SSSR count). The van der Waals surface area contributed by atoms with Crippen molar-refractivity contribution in [2.24, 2.45) is 0 Å². The molecule has 0 aliphatic heterocycles. The number of carboxylic acid groups (broad SMARTS) is 1. The summed E-state index contributed by atoms with van der Waals surface area (Å²) in [6.07, 6.45) is 0. The molecule has 0 saturated carbocycles. The first-order chi connectivity index (χ1) is 9.40. The van der Waals surface area contributed by atoms with E-state index in [1.165, 1.54) is 4.88 Å². The van der Waals surface area contributed by atoms with Crippen LogP contribution in [0, 0.1) is 13.8 Å². The average Bonchev–Trinajstić information content (AvgIpc) is 2.77. The molecule has 20 heavy (non-hydrogen) atoms. The zero-order valence-corrected chi connectivity index (χ0v) is 12.5. The Labute approximate surface area is 121 Å². The molecule has 2 aromatic rings. The number of thiazole rings is 1. The van der Waals surface area contributed by atoms with Gasteiger partial charge in [0.25, 0.3) is 0 Å². The molecule has 0 aliphatic rings. The van der Waals surface area contributed by atoms with Crippen LogP contribution in [0.2, 0.25) is 0 Å². The van der Waals surface area contributed by atoms with Gasteiger partial charge in [-0.2, -0.15) is 0 Å². The van der Waals surface area contributed by atoms with E-state index in [9.17, 15) is 9.90 Å². The monoisotopic (exact) mass is 291 g/mol. The lowest BCUT2D eigenvalue weighted by Gasteiger charge is -2.20. The zero-order chi connectivity index (χ0) is 14.9. The van der Waals surface area contributed by atoms with E-state index in [0.717, 1.165) is 16.9 Å². The van der Waals surface area contributed by atoms with E-state index in [1.54, 1.807) is 17.4 Å². The number of carbonyl (C=O) groups is 1. The predicted molar refractivity (Wildman–Crippen MR) is 81.5 cm³/mol. The lowest BCUT2D eigenvalue weighted by molar-refractivity contribution is 0.0698. The van der Waals surface area contributed by atoms with Gasteiger partial charge in [0.1, 0.15) is 0 Å². The van der Waals surface area contributed by atoms with E-state index in [4.69, 9.17) is 5.73 Å². The van der Waals surface area contributed by atoms with Crippen molar-refractivity contribution in [3.05, 3.63) is 39.3 Å². The second kappa shape index (κ2) is 5.50. The molecular formula is C14H17N3O2S. The van der Waals surface area contributed by atoms with Gasteiger partial charge in [0.15, 0.2) is 0 Å². The first-order valence-electron chi connectivity index (χ1n) is 6.13. The number of anilines is 2. The second-order valence-corrected chi connectivity index (χ2v) is 5.69. The van der Waals surface area contributed by atoms with Crippen molar-refractivity contribution < 1.29 is 9.90 Å². The van der Waals surface area contributed by atoms with Crippen LogP contribution in [0.4, 0.5) is 11.4 Å². The third kappa shape index (κ3) is 2.75. The van der Waals surface area contributed by atoms with E-state index in [-0.39, 0.29) is 5.56 Å². The first kappa shape index (κ1) is 14.3. The fourth-order valence-electron chi connectivity index (χ4n) is 1.96. The highest BCUT2D eigenvalue weighted by atomic mass is 32.1. The molecule has 0 saturated heterocycles. The number of nitrogens with zero attached hydrogens (tertiary/aromatic N) is 2. The Morgan fingerprint density at radius 3 is 2.70 bits per heavy atom. The number of nitrogens with two attached hydrogens (primary N) is 1.